The van der Waals surface area contributed by atoms with Gasteiger partial charge in [0, 0.05) is 23.7 Å². The molecule has 0 spiro atoms. The average Bonchev–Trinajstić information content (AvgIpc) is 2.78. The van der Waals surface area contributed by atoms with E-state index in [0.717, 1.165) is 18.4 Å². The molecule has 0 bridgehead atoms. The Morgan fingerprint density at radius 3 is 2.10 bits per heavy atom. The molecule has 1 aliphatic rings. The number of ether oxygens (including phenoxy) is 2. The Balaban J connectivity index is 1.55. The largest absolute Gasteiger partial charge is 0.493 e. The average molecular weight is 396 g/mol. The molecule has 0 saturated heterocycles. The second kappa shape index (κ2) is 9.96. The molecule has 0 aliphatic heterocycles. The molecule has 2 N–H and O–H groups in total. The van der Waals surface area contributed by atoms with Crippen LogP contribution in [-0.2, 0) is 6.54 Å². The second-order valence-electron chi connectivity index (χ2n) is 7.26. The lowest BCUT2D eigenvalue weighted by Gasteiger charge is -2.22. The minimum absolute atomic E-state index is 0.0748. The molecule has 6 heteroatoms. The van der Waals surface area contributed by atoms with E-state index < -0.39 is 0 Å². The first kappa shape index (κ1) is 20.7. The third-order valence-corrected chi connectivity index (χ3v) is 5.25. The van der Waals surface area contributed by atoms with E-state index in [0.29, 0.717) is 29.2 Å². The number of benzene rings is 2. The lowest BCUT2D eigenvalue weighted by molar-refractivity contribution is 0.0922. The molecule has 0 atom stereocenters. The van der Waals surface area contributed by atoms with Gasteiger partial charge in [0.2, 0.25) is 0 Å². The second-order valence-corrected chi connectivity index (χ2v) is 7.26. The predicted molar refractivity (Wildman–Crippen MR) is 111 cm³/mol. The number of rotatable bonds is 7. The van der Waals surface area contributed by atoms with Crippen molar-refractivity contribution in [2.45, 2.75) is 44.7 Å². The highest BCUT2D eigenvalue weighted by atomic mass is 16.5. The lowest BCUT2D eigenvalue weighted by Crippen LogP contribution is -2.36. The van der Waals surface area contributed by atoms with E-state index in [9.17, 15) is 9.59 Å². The van der Waals surface area contributed by atoms with Gasteiger partial charge in [0.1, 0.15) is 0 Å². The molecule has 2 aromatic rings. The number of methoxy groups -OCH3 is 2. The minimum Gasteiger partial charge on any atom is -0.493 e. The topological polar surface area (TPSA) is 76.7 Å². The van der Waals surface area contributed by atoms with Gasteiger partial charge in [0.25, 0.3) is 11.8 Å². The maximum Gasteiger partial charge on any atom is 0.251 e. The molecule has 29 heavy (non-hydrogen) atoms. The molecule has 1 fully saturated rings. The zero-order valence-electron chi connectivity index (χ0n) is 17.0. The molecule has 0 radical (unpaired) electrons. The molecule has 0 heterocycles. The van der Waals surface area contributed by atoms with E-state index in [1.807, 2.05) is 12.1 Å². The van der Waals surface area contributed by atoms with Crippen LogP contribution in [0.2, 0.25) is 0 Å². The summed E-state index contributed by atoms with van der Waals surface area (Å²) in [4.78, 5) is 24.8. The fraction of sp³-hybridized carbons (Fsp3) is 0.391. The third kappa shape index (κ3) is 5.50. The summed E-state index contributed by atoms with van der Waals surface area (Å²) in [6.07, 6.45) is 5.68. The van der Waals surface area contributed by atoms with Crippen LogP contribution in [0.3, 0.4) is 0 Å². The zero-order chi connectivity index (χ0) is 20.6. The first-order chi connectivity index (χ1) is 14.1. The molecule has 6 nitrogen and oxygen atoms in total. The summed E-state index contributed by atoms with van der Waals surface area (Å²) in [5.74, 6) is 0.991. The van der Waals surface area contributed by atoms with Crippen LogP contribution in [0, 0.1) is 0 Å². The zero-order valence-corrected chi connectivity index (χ0v) is 17.0. The molecular formula is C23H28N2O4. The van der Waals surface area contributed by atoms with Gasteiger partial charge in [0.15, 0.2) is 11.5 Å². The summed E-state index contributed by atoms with van der Waals surface area (Å²) >= 11 is 0. The van der Waals surface area contributed by atoms with E-state index in [2.05, 4.69) is 10.6 Å². The van der Waals surface area contributed by atoms with Crippen molar-refractivity contribution in [2.24, 2.45) is 0 Å². The highest BCUT2D eigenvalue weighted by molar-refractivity contribution is 5.97. The van der Waals surface area contributed by atoms with Crippen LogP contribution in [0.15, 0.2) is 42.5 Å². The molecule has 3 rings (SSSR count). The van der Waals surface area contributed by atoms with Crippen molar-refractivity contribution >= 4 is 11.8 Å². The van der Waals surface area contributed by atoms with E-state index in [-0.39, 0.29) is 17.9 Å². The molecular weight excluding hydrogens is 368 g/mol. The molecule has 154 valence electrons. The Kier molecular flexibility index (Phi) is 7.11. The summed E-state index contributed by atoms with van der Waals surface area (Å²) in [5, 5.41) is 5.97. The third-order valence-electron chi connectivity index (χ3n) is 5.25. The van der Waals surface area contributed by atoms with Crippen LogP contribution in [0.1, 0.15) is 58.4 Å². The van der Waals surface area contributed by atoms with Crippen LogP contribution in [0.4, 0.5) is 0 Å². The van der Waals surface area contributed by atoms with Crippen molar-refractivity contribution in [1.29, 1.82) is 0 Å². The van der Waals surface area contributed by atoms with Crippen molar-refractivity contribution < 1.29 is 19.1 Å². The number of nitrogens with one attached hydrogen (secondary N) is 2. The molecule has 0 unspecified atom stereocenters. The summed E-state index contributed by atoms with van der Waals surface area (Å²) < 4.78 is 10.5. The molecule has 2 aromatic carbocycles. The van der Waals surface area contributed by atoms with Gasteiger partial charge < -0.3 is 20.1 Å². The van der Waals surface area contributed by atoms with Gasteiger partial charge in [-0.2, -0.15) is 0 Å². The maximum absolute atomic E-state index is 12.4. The number of hydrogen-bond acceptors (Lipinski definition) is 4. The smallest absolute Gasteiger partial charge is 0.251 e. The van der Waals surface area contributed by atoms with Gasteiger partial charge >= 0.3 is 0 Å². The van der Waals surface area contributed by atoms with Crippen LogP contribution in [0.25, 0.3) is 0 Å². The van der Waals surface area contributed by atoms with Crippen molar-refractivity contribution in [3.63, 3.8) is 0 Å². The van der Waals surface area contributed by atoms with Gasteiger partial charge in [-0.1, -0.05) is 25.3 Å². The highest BCUT2D eigenvalue weighted by Crippen LogP contribution is 2.27. The monoisotopic (exact) mass is 396 g/mol. The molecule has 0 aromatic heterocycles. The number of carbonyl (C=O) groups excluding carboxylic acids is 2. The number of amides is 2. The van der Waals surface area contributed by atoms with Crippen LogP contribution in [0.5, 0.6) is 11.5 Å². The van der Waals surface area contributed by atoms with Crippen molar-refractivity contribution in [2.75, 3.05) is 14.2 Å². The van der Waals surface area contributed by atoms with Crippen molar-refractivity contribution in [1.82, 2.24) is 10.6 Å². The molecule has 1 aliphatic carbocycles. The first-order valence-electron chi connectivity index (χ1n) is 10.0. The highest BCUT2D eigenvalue weighted by Gasteiger charge is 2.17. The normalized spacial score (nSPS) is 14.1. The Morgan fingerprint density at radius 1 is 0.862 bits per heavy atom. The van der Waals surface area contributed by atoms with Gasteiger partial charge in [-0.15, -0.1) is 0 Å². The van der Waals surface area contributed by atoms with Gasteiger partial charge in [-0.25, -0.2) is 0 Å². The SMILES string of the molecule is COc1ccc(CNC(=O)c2ccc(C(=O)NC3CCCCC3)cc2)cc1OC. The van der Waals surface area contributed by atoms with E-state index in [1.54, 1.807) is 44.6 Å². The summed E-state index contributed by atoms with van der Waals surface area (Å²) in [6, 6.07) is 12.5. The van der Waals surface area contributed by atoms with Crippen LogP contribution in [-0.4, -0.2) is 32.1 Å². The predicted octanol–water partition coefficient (Wildman–Crippen LogP) is 3.70. The molecule has 2 amide bonds. The Hall–Kier alpha value is -3.02. The lowest BCUT2D eigenvalue weighted by atomic mass is 9.95. The fourth-order valence-corrected chi connectivity index (χ4v) is 3.56. The van der Waals surface area contributed by atoms with Gasteiger partial charge in [0.05, 0.1) is 14.2 Å². The quantitative estimate of drug-likeness (QED) is 0.748. The summed E-state index contributed by atoms with van der Waals surface area (Å²) in [5.41, 5.74) is 1.99. The van der Waals surface area contributed by atoms with E-state index in [4.69, 9.17) is 9.47 Å². The van der Waals surface area contributed by atoms with E-state index in [1.165, 1.54) is 19.3 Å². The first-order valence-corrected chi connectivity index (χ1v) is 10.0. The summed E-state index contributed by atoms with van der Waals surface area (Å²) in [7, 11) is 3.16. The van der Waals surface area contributed by atoms with Crippen molar-refractivity contribution in [3.8, 4) is 11.5 Å². The standard InChI is InChI=1S/C23H28N2O4/c1-28-20-13-8-16(14-21(20)29-2)15-24-22(26)17-9-11-18(12-10-17)23(27)25-19-6-4-3-5-7-19/h8-14,19H,3-7,15H2,1-2H3,(H,24,26)(H,25,27). The van der Waals surface area contributed by atoms with Crippen molar-refractivity contribution in [3.05, 3.63) is 59.2 Å². The fourth-order valence-electron chi connectivity index (χ4n) is 3.56. The Bertz CT molecular complexity index is 842. The van der Waals surface area contributed by atoms with Gasteiger partial charge in [-0.05, 0) is 54.8 Å². The van der Waals surface area contributed by atoms with Gasteiger partial charge in [-0.3, -0.25) is 9.59 Å². The maximum atomic E-state index is 12.4. The minimum atomic E-state index is -0.195. The van der Waals surface area contributed by atoms with Crippen LogP contribution < -0.4 is 20.1 Å². The number of carbonyl (C=O) groups is 2. The number of hydrogen-bond donors (Lipinski definition) is 2. The molecule has 1 saturated carbocycles. The van der Waals surface area contributed by atoms with Crippen LogP contribution >= 0.6 is 0 Å². The summed E-state index contributed by atoms with van der Waals surface area (Å²) in [6.45, 7) is 0.364. The Labute approximate surface area is 171 Å². The van der Waals surface area contributed by atoms with E-state index >= 15 is 0 Å². The Morgan fingerprint density at radius 2 is 1.48 bits per heavy atom.